The molecule has 0 fully saturated rings. The molecule has 18 heavy (non-hydrogen) atoms. The van der Waals surface area contributed by atoms with Crippen LogP contribution in [-0.4, -0.2) is 34.1 Å². The first-order valence-electron chi connectivity index (χ1n) is 5.95. The molecule has 2 N–H and O–H groups in total. The number of hydrazine groups is 1. The summed E-state index contributed by atoms with van der Waals surface area (Å²) in [6.45, 7) is 3.83. The second-order valence-corrected chi connectivity index (χ2v) is 5.97. The van der Waals surface area contributed by atoms with E-state index in [1.165, 1.54) is 5.01 Å². The second kappa shape index (κ2) is 6.84. The summed E-state index contributed by atoms with van der Waals surface area (Å²) in [4.78, 5) is 2.67. The Morgan fingerprint density at radius 3 is 2.28 bits per heavy atom. The molecule has 0 spiro atoms. The highest BCUT2D eigenvalue weighted by Crippen LogP contribution is 2.10. The summed E-state index contributed by atoms with van der Waals surface area (Å²) >= 11 is 0. The average molecular weight is 271 g/mol. The van der Waals surface area contributed by atoms with Crippen LogP contribution in [0.1, 0.15) is 18.9 Å². The molecule has 1 aromatic rings. The van der Waals surface area contributed by atoms with E-state index in [1.54, 1.807) is 26.2 Å². The zero-order valence-electron chi connectivity index (χ0n) is 11.1. The number of rotatable bonds is 7. The van der Waals surface area contributed by atoms with Crippen LogP contribution < -0.4 is 10.1 Å². The predicted molar refractivity (Wildman–Crippen MR) is 72.4 cm³/mol. The van der Waals surface area contributed by atoms with Crippen LogP contribution in [0.5, 0.6) is 0 Å². The second-order valence-electron chi connectivity index (χ2n) is 4.31. The van der Waals surface area contributed by atoms with Crippen LogP contribution in [0, 0.1) is 0 Å². The van der Waals surface area contributed by atoms with Gasteiger partial charge in [0.05, 0.1) is 4.90 Å². The SMILES string of the molecule is CCCNCc1ccc(S(=O)(=O)NN(C)C)cc1. The molecule has 0 aromatic heterocycles. The van der Waals surface area contributed by atoms with Crippen molar-refractivity contribution in [2.45, 2.75) is 24.8 Å². The highest BCUT2D eigenvalue weighted by Gasteiger charge is 2.13. The Morgan fingerprint density at radius 1 is 1.17 bits per heavy atom. The Labute approximate surface area is 109 Å². The average Bonchev–Trinajstić information content (AvgIpc) is 2.28. The Hall–Kier alpha value is -0.950. The van der Waals surface area contributed by atoms with Crippen LogP contribution in [0.2, 0.25) is 0 Å². The molecule has 5 nitrogen and oxygen atoms in total. The number of nitrogens with one attached hydrogen (secondary N) is 2. The van der Waals surface area contributed by atoms with Crippen LogP contribution in [0.25, 0.3) is 0 Å². The van der Waals surface area contributed by atoms with E-state index in [-0.39, 0.29) is 4.90 Å². The molecule has 0 saturated heterocycles. The molecule has 0 amide bonds. The van der Waals surface area contributed by atoms with Gasteiger partial charge in [-0.3, -0.25) is 0 Å². The molecule has 0 aliphatic carbocycles. The molecular weight excluding hydrogens is 250 g/mol. The molecule has 102 valence electrons. The number of hydrogen-bond donors (Lipinski definition) is 2. The van der Waals surface area contributed by atoms with Crippen LogP contribution in [-0.2, 0) is 16.6 Å². The summed E-state index contributed by atoms with van der Waals surface area (Å²) in [6.07, 6.45) is 1.08. The number of sulfonamides is 1. The van der Waals surface area contributed by atoms with Gasteiger partial charge in [0, 0.05) is 20.6 Å². The van der Waals surface area contributed by atoms with Gasteiger partial charge in [0.1, 0.15) is 0 Å². The van der Waals surface area contributed by atoms with Crippen LogP contribution in [0.15, 0.2) is 29.2 Å². The van der Waals surface area contributed by atoms with E-state index >= 15 is 0 Å². The molecule has 0 bridgehead atoms. The van der Waals surface area contributed by atoms with Crippen molar-refractivity contribution in [2.24, 2.45) is 0 Å². The third-order valence-electron chi connectivity index (χ3n) is 2.29. The van der Waals surface area contributed by atoms with E-state index in [4.69, 9.17) is 0 Å². The molecule has 0 heterocycles. The minimum Gasteiger partial charge on any atom is -0.313 e. The maximum absolute atomic E-state index is 11.8. The fourth-order valence-corrected chi connectivity index (χ4v) is 2.57. The van der Waals surface area contributed by atoms with Gasteiger partial charge in [0.25, 0.3) is 10.0 Å². The summed E-state index contributed by atoms with van der Waals surface area (Å²) in [5, 5.41) is 4.68. The van der Waals surface area contributed by atoms with Gasteiger partial charge >= 0.3 is 0 Å². The van der Waals surface area contributed by atoms with Gasteiger partial charge in [-0.15, -0.1) is 4.83 Å². The van der Waals surface area contributed by atoms with E-state index < -0.39 is 10.0 Å². The first-order chi connectivity index (χ1) is 8.45. The van der Waals surface area contributed by atoms with Crippen molar-refractivity contribution in [1.82, 2.24) is 15.2 Å². The van der Waals surface area contributed by atoms with E-state index in [1.807, 2.05) is 12.1 Å². The molecule has 0 atom stereocenters. The lowest BCUT2D eigenvalue weighted by Gasteiger charge is -2.12. The van der Waals surface area contributed by atoms with Crippen molar-refractivity contribution < 1.29 is 8.42 Å². The standard InChI is InChI=1S/C12H21N3O2S/c1-4-9-13-10-11-5-7-12(8-6-11)18(16,17)14-15(2)3/h5-8,13-14H,4,9-10H2,1-3H3. The Morgan fingerprint density at radius 2 is 1.78 bits per heavy atom. The van der Waals surface area contributed by atoms with Gasteiger partial charge in [-0.25, -0.2) is 13.4 Å². The lowest BCUT2D eigenvalue weighted by molar-refractivity contribution is 0.364. The van der Waals surface area contributed by atoms with Crippen molar-refractivity contribution in [1.29, 1.82) is 0 Å². The van der Waals surface area contributed by atoms with Gasteiger partial charge in [-0.1, -0.05) is 19.1 Å². The van der Waals surface area contributed by atoms with Gasteiger partial charge in [0.2, 0.25) is 0 Å². The Kier molecular flexibility index (Phi) is 5.74. The third-order valence-corrected chi connectivity index (χ3v) is 3.79. The number of hydrogen-bond acceptors (Lipinski definition) is 4. The van der Waals surface area contributed by atoms with E-state index in [9.17, 15) is 8.42 Å². The summed E-state index contributed by atoms with van der Waals surface area (Å²) < 4.78 is 23.7. The minimum atomic E-state index is -3.45. The predicted octanol–water partition coefficient (Wildman–Crippen LogP) is 0.941. The fraction of sp³-hybridized carbons (Fsp3) is 0.500. The highest BCUT2D eigenvalue weighted by molar-refractivity contribution is 7.89. The zero-order chi connectivity index (χ0) is 13.6. The smallest absolute Gasteiger partial charge is 0.253 e. The molecule has 0 aliphatic rings. The lowest BCUT2D eigenvalue weighted by Crippen LogP contribution is -2.36. The first kappa shape index (κ1) is 15.1. The van der Waals surface area contributed by atoms with E-state index in [0.717, 1.165) is 25.1 Å². The van der Waals surface area contributed by atoms with Crippen LogP contribution in [0.3, 0.4) is 0 Å². The van der Waals surface area contributed by atoms with Crippen molar-refractivity contribution in [3.63, 3.8) is 0 Å². The van der Waals surface area contributed by atoms with Crippen molar-refractivity contribution in [3.8, 4) is 0 Å². The van der Waals surface area contributed by atoms with Gasteiger partial charge in [-0.2, -0.15) is 0 Å². The van der Waals surface area contributed by atoms with Gasteiger partial charge in [-0.05, 0) is 30.7 Å². The minimum absolute atomic E-state index is 0.274. The molecule has 0 saturated carbocycles. The maximum Gasteiger partial charge on any atom is 0.253 e. The monoisotopic (exact) mass is 271 g/mol. The Balaban J connectivity index is 2.70. The molecule has 0 unspecified atom stereocenters. The van der Waals surface area contributed by atoms with E-state index in [2.05, 4.69) is 17.1 Å². The fourth-order valence-electron chi connectivity index (χ4n) is 1.49. The normalized spacial score (nSPS) is 12.0. The quantitative estimate of drug-likeness (QED) is 0.572. The maximum atomic E-state index is 11.8. The van der Waals surface area contributed by atoms with Crippen LogP contribution in [0.4, 0.5) is 0 Å². The Bertz CT molecular complexity index is 455. The molecule has 1 rings (SSSR count). The van der Waals surface area contributed by atoms with Crippen LogP contribution >= 0.6 is 0 Å². The molecule has 1 aromatic carbocycles. The number of nitrogens with zero attached hydrogens (tertiary/aromatic N) is 1. The van der Waals surface area contributed by atoms with E-state index in [0.29, 0.717) is 0 Å². The molecule has 6 heteroatoms. The summed E-state index contributed by atoms with van der Waals surface area (Å²) in [5.41, 5.74) is 1.08. The van der Waals surface area contributed by atoms with Gasteiger partial charge in [0.15, 0.2) is 0 Å². The molecular formula is C12H21N3O2S. The van der Waals surface area contributed by atoms with Crippen molar-refractivity contribution in [2.75, 3.05) is 20.6 Å². The summed E-state index contributed by atoms with van der Waals surface area (Å²) in [7, 11) is -0.167. The largest absolute Gasteiger partial charge is 0.313 e. The molecule has 0 aliphatic heterocycles. The topological polar surface area (TPSA) is 61.4 Å². The lowest BCUT2D eigenvalue weighted by atomic mass is 10.2. The number of benzene rings is 1. The molecule has 0 radical (unpaired) electrons. The highest BCUT2D eigenvalue weighted by atomic mass is 32.2. The van der Waals surface area contributed by atoms with Gasteiger partial charge < -0.3 is 5.32 Å². The first-order valence-corrected chi connectivity index (χ1v) is 7.43. The third kappa shape index (κ3) is 4.73. The van der Waals surface area contributed by atoms with Crippen molar-refractivity contribution >= 4 is 10.0 Å². The summed E-state index contributed by atoms with van der Waals surface area (Å²) in [6, 6.07) is 6.89. The zero-order valence-corrected chi connectivity index (χ0v) is 11.9. The van der Waals surface area contributed by atoms with Crippen molar-refractivity contribution in [3.05, 3.63) is 29.8 Å². The summed E-state index contributed by atoms with van der Waals surface area (Å²) in [5.74, 6) is 0.